The van der Waals surface area contributed by atoms with E-state index in [1.54, 1.807) is 36.2 Å². The fourth-order valence-electron chi connectivity index (χ4n) is 1.93. The number of nitrogens with zero attached hydrogens (tertiary/aromatic N) is 1. The third-order valence-corrected chi connectivity index (χ3v) is 3.52. The van der Waals surface area contributed by atoms with E-state index < -0.39 is 0 Å². The predicted octanol–water partition coefficient (Wildman–Crippen LogP) is 3.85. The molecule has 2 aromatic carbocycles. The predicted molar refractivity (Wildman–Crippen MR) is 83.1 cm³/mol. The molecule has 0 radical (unpaired) electrons. The van der Waals surface area contributed by atoms with Crippen molar-refractivity contribution in [3.8, 4) is 0 Å². The van der Waals surface area contributed by atoms with Gasteiger partial charge in [0.1, 0.15) is 0 Å². The molecule has 5 heteroatoms. The van der Waals surface area contributed by atoms with E-state index in [1.165, 1.54) is 0 Å². The summed E-state index contributed by atoms with van der Waals surface area (Å²) in [7, 11) is 1.70. The Bertz CT molecular complexity index is 623. The van der Waals surface area contributed by atoms with Gasteiger partial charge in [0.2, 0.25) is 0 Å². The lowest BCUT2D eigenvalue weighted by molar-refractivity contribution is 0.0785. The number of anilines is 1. The average molecular weight is 309 g/mol. The summed E-state index contributed by atoms with van der Waals surface area (Å²) >= 11 is 12.1. The summed E-state index contributed by atoms with van der Waals surface area (Å²) in [5.74, 6) is -0.219. The van der Waals surface area contributed by atoms with Crippen molar-refractivity contribution >= 4 is 34.8 Å². The van der Waals surface area contributed by atoms with E-state index in [0.29, 0.717) is 27.8 Å². The molecule has 0 fully saturated rings. The lowest BCUT2D eigenvalue weighted by atomic mass is 10.1. The lowest BCUT2D eigenvalue weighted by Gasteiger charge is -2.19. The maximum atomic E-state index is 12.4. The second-order valence-corrected chi connectivity index (χ2v) is 5.32. The number of nitrogen functional groups attached to an aromatic ring is 1. The summed E-state index contributed by atoms with van der Waals surface area (Å²) in [6, 6.07) is 12.4. The molecular formula is C15H14Cl2N2O. The van der Waals surface area contributed by atoms with Crippen LogP contribution >= 0.6 is 23.2 Å². The zero-order valence-electron chi connectivity index (χ0n) is 10.9. The van der Waals surface area contributed by atoms with Gasteiger partial charge in [0.15, 0.2) is 0 Å². The number of hydrogen-bond donors (Lipinski definition) is 1. The third-order valence-electron chi connectivity index (χ3n) is 2.89. The van der Waals surface area contributed by atoms with E-state index in [2.05, 4.69) is 0 Å². The maximum absolute atomic E-state index is 12.4. The van der Waals surface area contributed by atoms with Crippen LogP contribution in [0.5, 0.6) is 0 Å². The molecule has 0 atom stereocenters. The molecule has 104 valence electrons. The normalized spacial score (nSPS) is 10.3. The van der Waals surface area contributed by atoms with Gasteiger partial charge < -0.3 is 10.6 Å². The minimum absolute atomic E-state index is 0.219. The molecule has 2 rings (SSSR count). The summed E-state index contributed by atoms with van der Waals surface area (Å²) in [6.07, 6.45) is 0. The van der Waals surface area contributed by atoms with Gasteiger partial charge in [-0.2, -0.15) is 0 Å². The van der Waals surface area contributed by atoms with Crippen LogP contribution in [0.1, 0.15) is 15.9 Å². The van der Waals surface area contributed by atoms with Gasteiger partial charge in [-0.3, -0.25) is 4.79 Å². The number of carbonyl (C=O) groups excluding carboxylic acids is 1. The molecule has 3 nitrogen and oxygen atoms in total. The van der Waals surface area contributed by atoms with Gasteiger partial charge in [-0.25, -0.2) is 0 Å². The minimum Gasteiger partial charge on any atom is -0.399 e. The first-order valence-electron chi connectivity index (χ1n) is 6.03. The highest BCUT2D eigenvalue weighted by Gasteiger charge is 2.18. The quantitative estimate of drug-likeness (QED) is 0.875. The van der Waals surface area contributed by atoms with E-state index in [-0.39, 0.29) is 5.91 Å². The molecule has 0 bridgehead atoms. The molecule has 2 aromatic rings. The molecule has 2 N–H and O–H groups in total. The molecular weight excluding hydrogens is 295 g/mol. The second kappa shape index (κ2) is 6.16. The molecule has 0 aliphatic rings. The topological polar surface area (TPSA) is 46.3 Å². The number of amides is 1. The van der Waals surface area contributed by atoms with Crippen LogP contribution in [-0.4, -0.2) is 17.9 Å². The van der Waals surface area contributed by atoms with Crippen molar-refractivity contribution in [3.63, 3.8) is 0 Å². The van der Waals surface area contributed by atoms with Crippen molar-refractivity contribution in [3.05, 3.63) is 63.6 Å². The second-order valence-electron chi connectivity index (χ2n) is 4.50. The van der Waals surface area contributed by atoms with Crippen LogP contribution in [0.4, 0.5) is 5.69 Å². The summed E-state index contributed by atoms with van der Waals surface area (Å²) < 4.78 is 0. The van der Waals surface area contributed by atoms with Crippen LogP contribution < -0.4 is 5.73 Å². The fourth-order valence-corrected chi connectivity index (χ4v) is 2.49. The van der Waals surface area contributed by atoms with Gasteiger partial charge in [0.25, 0.3) is 5.91 Å². The lowest BCUT2D eigenvalue weighted by Crippen LogP contribution is -2.26. The first-order chi connectivity index (χ1) is 9.49. The molecule has 0 aliphatic carbocycles. The standard InChI is InChI=1S/C15H14Cl2N2O/c1-19(9-10-4-2-5-11(18)8-10)15(20)14-12(16)6-3-7-13(14)17/h2-8H,9,18H2,1H3. The molecule has 0 spiro atoms. The van der Waals surface area contributed by atoms with Gasteiger partial charge in [-0.15, -0.1) is 0 Å². The summed E-state index contributed by atoms with van der Waals surface area (Å²) in [4.78, 5) is 14.0. The van der Waals surface area contributed by atoms with Crippen LogP contribution in [0.25, 0.3) is 0 Å². The Balaban J connectivity index is 2.21. The zero-order valence-corrected chi connectivity index (χ0v) is 12.4. The highest BCUT2D eigenvalue weighted by molar-refractivity contribution is 6.39. The van der Waals surface area contributed by atoms with E-state index >= 15 is 0 Å². The average Bonchev–Trinajstić information content (AvgIpc) is 2.38. The number of rotatable bonds is 3. The maximum Gasteiger partial charge on any atom is 0.256 e. The summed E-state index contributed by atoms with van der Waals surface area (Å²) in [5.41, 5.74) is 7.66. The molecule has 0 saturated carbocycles. The number of benzene rings is 2. The first-order valence-corrected chi connectivity index (χ1v) is 6.78. The molecule has 0 unspecified atom stereocenters. The van der Waals surface area contributed by atoms with Gasteiger partial charge in [-0.1, -0.05) is 41.4 Å². The van der Waals surface area contributed by atoms with Crippen molar-refractivity contribution in [1.29, 1.82) is 0 Å². The Morgan fingerprint density at radius 1 is 1.15 bits per heavy atom. The monoisotopic (exact) mass is 308 g/mol. The van der Waals surface area contributed by atoms with Crippen LogP contribution in [-0.2, 0) is 6.54 Å². The Morgan fingerprint density at radius 2 is 1.75 bits per heavy atom. The van der Waals surface area contributed by atoms with Crippen molar-refractivity contribution in [2.24, 2.45) is 0 Å². The Kier molecular flexibility index (Phi) is 4.53. The number of carbonyl (C=O) groups is 1. The van der Waals surface area contributed by atoms with Gasteiger partial charge in [-0.05, 0) is 29.8 Å². The van der Waals surface area contributed by atoms with E-state index in [9.17, 15) is 4.79 Å². The third kappa shape index (κ3) is 3.24. The zero-order chi connectivity index (χ0) is 14.7. The SMILES string of the molecule is CN(Cc1cccc(N)c1)C(=O)c1c(Cl)cccc1Cl. The highest BCUT2D eigenvalue weighted by atomic mass is 35.5. The van der Waals surface area contributed by atoms with Crippen molar-refractivity contribution in [1.82, 2.24) is 4.90 Å². The van der Waals surface area contributed by atoms with Gasteiger partial charge in [0, 0.05) is 19.3 Å². The fraction of sp³-hybridized carbons (Fsp3) is 0.133. The molecule has 1 amide bonds. The number of hydrogen-bond acceptors (Lipinski definition) is 2. The van der Waals surface area contributed by atoms with E-state index in [4.69, 9.17) is 28.9 Å². The van der Waals surface area contributed by atoms with Crippen LogP contribution in [0, 0.1) is 0 Å². The van der Waals surface area contributed by atoms with E-state index in [0.717, 1.165) is 5.56 Å². The summed E-state index contributed by atoms with van der Waals surface area (Å²) in [6.45, 7) is 0.436. The summed E-state index contributed by atoms with van der Waals surface area (Å²) in [5, 5.41) is 0.698. The van der Waals surface area contributed by atoms with Crippen molar-refractivity contribution in [2.75, 3.05) is 12.8 Å². The Labute approximate surface area is 127 Å². The van der Waals surface area contributed by atoms with Crippen LogP contribution in [0.3, 0.4) is 0 Å². The number of halogens is 2. The Morgan fingerprint density at radius 3 is 2.35 bits per heavy atom. The largest absolute Gasteiger partial charge is 0.399 e. The molecule has 0 aliphatic heterocycles. The smallest absolute Gasteiger partial charge is 0.256 e. The van der Waals surface area contributed by atoms with Crippen LogP contribution in [0.2, 0.25) is 10.0 Å². The van der Waals surface area contributed by atoms with Crippen LogP contribution in [0.15, 0.2) is 42.5 Å². The molecule has 0 saturated heterocycles. The molecule has 20 heavy (non-hydrogen) atoms. The van der Waals surface area contributed by atoms with Gasteiger partial charge >= 0.3 is 0 Å². The van der Waals surface area contributed by atoms with Crippen molar-refractivity contribution < 1.29 is 4.79 Å². The number of nitrogens with two attached hydrogens (primary N) is 1. The van der Waals surface area contributed by atoms with E-state index in [1.807, 2.05) is 18.2 Å². The molecule has 0 heterocycles. The van der Waals surface area contributed by atoms with Crippen molar-refractivity contribution in [2.45, 2.75) is 6.54 Å². The first kappa shape index (κ1) is 14.7. The minimum atomic E-state index is -0.219. The molecule has 0 aromatic heterocycles. The highest BCUT2D eigenvalue weighted by Crippen LogP contribution is 2.25. The Hall–Kier alpha value is -1.71. The van der Waals surface area contributed by atoms with Gasteiger partial charge in [0.05, 0.1) is 15.6 Å².